The summed E-state index contributed by atoms with van der Waals surface area (Å²) in [5, 5.41) is 23.0. The smallest absolute Gasteiger partial charge is 0.305 e. The van der Waals surface area contributed by atoms with Gasteiger partial charge in [0.2, 0.25) is 5.91 Å². The number of hydrogen-bond donors (Lipinski definition) is 3. The lowest BCUT2D eigenvalue weighted by atomic mass is 10.0. The molecule has 0 aliphatic carbocycles. The average molecular weight is 846 g/mol. The Bertz CT molecular complexity index is 935. The SMILES string of the molecule is CCCCCCCCCCCCC/C=C/C(O)C(CO)NC(=O)CCCCCCCCC/C=C\CCCCCCCCOC(=O)CCCCCCCCCCCCCCC. The Kier molecular flexibility index (Phi) is 48.6. The third-order valence-corrected chi connectivity index (χ3v) is 12.2. The summed E-state index contributed by atoms with van der Waals surface area (Å²) >= 11 is 0. The molecule has 0 aromatic heterocycles. The van der Waals surface area contributed by atoms with E-state index in [1.54, 1.807) is 6.08 Å². The molecule has 0 aliphatic rings. The second kappa shape index (κ2) is 50.0. The van der Waals surface area contributed by atoms with E-state index in [1.807, 2.05) is 6.08 Å². The van der Waals surface area contributed by atoms with E-state index in [9.17, 15) is 19.8 Å². The monoisotopic (exact) mass is 846 g/mol. The number of allylic oxidation sites excluding steroid dienone is 3. The van der Waals surface area contributed by atoms with Crippen molar-refractivity contribution in [3.63, 3.8) is 0 Å². The van der Waals surface area contributed by atoms with Crippen molar-refractivity contribution < 1.29 is 24.5 Å². The van der Waals surface area contributed by atoms with Crippen LogP contribution in [0.3, 0.4) is 0 Å². The van der Waals surface area contributed by atoms with E-state index in [4.69, 9.17) is 4.74 Å². The van der Waals surface area contributed by atoms with Crippen molar-refractivity contribution >= 4 is 11.9 Å². The van der Waals surface area contributed by atoms with Crippen LogP contribution in [0.2, 0.25) is 0 Å². The molecule has 0 saturated carbocycles. The van der Waals surface area contributed by atoms with Crippen molar-refractivity contribution in [1.82, 2.24) is 5.32 Å². The van der Waals surface area contributed by atoms with Crippen molar-refractivity contribution in [2.24, 2.45) is 0 Å². The van der Waals surface area contributed by atoms with Gasteiger partial charge >= 0.3 is 5.97 Å². The van der Waals surface area contributed by atoms with Crippen molar-refractivity contribution in [3.8, 4) is 0 Å². The molecular formula is C54H103NO5. The van der Waals surface area contributed by atoms with Gasteiger partial charge in [0.25, 0.3) is 0 Å². The van der Waals surface area contributed by atoms with E-state index in [0.29, 0.717) is 19.4 Å². The molecule has 0 aromatic rings. The molecule has 60 heavy (non-hydrogen) atoms. The number of carbonyl (C=O) groups is 2. The fourth-order valence-corrected chi connectivity index (χ4v) is 8.10. The number of aliphatic hydroxyl groups excluding tert-OH is 2. The minimum atomic E-state index is -0.851. The quantitative estimate of drug-likeness (QED) is 0.0322. The van der Waals surface area contributed by atoms with Gasteiger partial charge in [-0.3, -0.25) is 9.59 Å². The minimum Gasteiger partial charge on any atom is -0.466 e. The van der Waals surface area contributed by atoms with Crippen molar-refractivity contribution in [2.75, 3.05) is 13.2 Å². The van der Waals surface area contributed by atoms with Crippen molar-refractivity contribution in [2.45, 2.75) is 296 Å². The van der Waals surface area contributed by atoms with Crippen LogP contribution in [0.4, 0.5) is 0 Å². The first-order valence-corrected chi connectivity index (χ1v) is 26.6. The highest BCUT2D eigenvalue weighted by Crippen LogP contribution is 2.16. The van der Waals surface area contributed by atoms with Gasteiger partial charge in [0, 0.05) is 12.8 Å². The molecule has 0 spiro atoms. The van der Waals surface area contributed by atoms with Crippen LogP contribution in [0.15, 0.2) is 24.3 Å². The molecule has 0 aromatic carbocycles. The van der Waals surface area contributed by atoms with E-state index in [-0.39, 0.29) is 18.5 Å². The number of esters is 1. The molecule has 0 rings (SSSR count). The average Bonchev–Trinajstić information content (AvgIpc) is 3.25. The summed E-state index contributed by atoms with van der Waals surface area (Å²) in [6.07, 6.45) is 58.9. The van der Waals surface area contributed by atoms with Gasteiger partial charge < -0.3 is 20.3 Å². The van der Waals surface area contributed by atoms with E-state index in [0.717, 1.165) is 57.8 Å². The van der Waals surface area contributed by atoms with Crippen LogP contribution >= 0.6 is 0 Å². The summed E-state index contributed by atoms with van der Waals surface area (Å²) in [5.74, 6) is -0.0817. The van der Waals surface area contributed by atoms with Crippen LogP contribution in [-0.4, -0.2) is 47.4 Å². The number of aliphatic hydroxyl groups is 2. The number of unbranched alkanes of at least 4 members (excludes halogenated alkanes) is 36. The summed E-state index contributed by atoms with van der Waals surface area (Å²) < 4.78 is 5.46. The maximum Gasteiger partial charge on any atom is 0.305 e. The molecule has 0 bridgehead atoms. The van der Waals surface area contributed by atoms with Crippen LogP contribution in [0.1, 0.15) is 284 Å². The molecule has 6 nitrogen and oxygen atoms in total. The van der Waals surface area contributed by atoms with E-state index in [1.165, 1.54) is 199 Å². The van der Waals surface area contributed by atoms with E-state index in [2.05, 4.69) is 31.3 Å². The lowest BCUT2D eigenvalue weighted by molar-refractivity contribution is -0.143. The summed E-state index contributed by atoms with van der Waals surface area (Å²) in [7, 11) is 0. The van der Waals surface area contributed by atoms with Gasteiger partial charge in [0.1, 0.15) is 0 Å². The van der Waals surface area contributed by atoms with Crippen molar-refractivity contribution in [1.29, 1.82) is 0 Å². The predicted octanol–water partition coefficient (Wildman–Crippen LogP) is 15.9. The molecule has 0 radical (unpaired) electrons. The minimum absolute atomic E-state index is 0.00151. The molecule has 0 aliphatic heterocycles. The fraction of sp³-hybridized carbons (Fsp3) is 0.889. The number of nitrogens with one attached hydrogen (secondary N) is 1. The molecule has 2 atom stereocenters. The topological polar surface area (TPSA) is 95.9 Å². The number of hydrogen-bond acceptors (Lipinski definition) is 5. The van der Waals surface area contributed by atoms with Crippen LogP contribution in [0.5, 0.6) is 0 Å². The van der Waals surface area contributed by atoms with Gasteiger partial charge in [0.05, 0.1) is 25.4 Å². The van der Waals surface area contributed by atoms with Crippen LogP contribution in [-0.2, 0) is 14.3 Å². The summed E-state index contributed by atoms with van der Waals surface area (Å²) in [6.45, 7) is 4.88. The highest BCUT2D eigenvalue weighted by molar-refractivity contribution is 5.76. The Morgan fingerprint density at radius 2 is 0.783 bits per heavy atom. The summed E-state index contributed by atoms with van der Waals surface area (Å²) in [4.78, 5) is 24.4. The Morgan fingerprint density at radius 1 is 0.450 bits per heavy atom. The molecule has 0 fully saturated rings. The lowest BCUT2D eigenvalue weighted by Crippen LogP contribution is -2.45. The van der Waals surface area contributed by atoms with Crippen molar-refractivity contribution in [3.05, 3.63) is 24.3 Å². The van der Waals surface area contributed by atoms with Crippen LogP contribution < -0.4 is 5.32 Å². The molecule has 354 valence electrons. The van der Waals surface area contributed by atoms with Crippen LogP contribution in [0, 0.1) is 0 Å². The largest absolute Gasteiger partial charge is 0.466 e. The highest BCUT2D eigenvalue weighted by Gasteiger charge is 2.18. The maximum atomic E-state index is 12.4. The number of amides is 1. The molecule has 0 heterocycles. The Hall–Kier alpha value is -1.66. The van der Waals surface area contributed by atoms with Gasteiger partial charge in [-0.2, -0.15) is 0 Å². The number of ether oxygens (including phenoxy) is 1. The maximum absolute atomic E-state index is 12.4. The first kappa shape index (κ1) is 58.3. The summed E-state index contributed by atoms with van der Waals surface area (Å²) in [5.41, 5.74) is 0. The highest BCUT2D eigenvalue weighted by atomic mass is 16.5. The lowest BCUT2D eigenvalue weighted by Gasteiger charge is -2.20. The first-order chi connectivity index (χ1) is 29.5. The fourth-order valence-electron chi connectivity index (χ4n) is 8.10. The van der Waals surface area contributed by atoms with Gasteiger partial charge in [-0.25, -0.2) is 0 Å². The Morgan fingerprint density at radius 3 is 1.18 bits per heavy atom. The third kappa shape index (κ3) is 45.9. The zero-order chi connectivity index (χ0) is 43.7. The second-order valence-corrected chi connectivity index (χ2v) is 18.2. The standard InChI is InChI=1S/C54H103NO5/c1-3-5-7-9-11-13-15-22-26-30-34-38-42-46-52(57)51(50-56)55-53(58)47-43-39-35-31-27-24-20-18-17-19-21-25-29-33-37-41-45-49-60-54(59)48-44-40-36-32-28-23-16-14-12-10-8-6-4-2/h17,19,42,46,51-52,56-57H,3-16,18,20-41,43-45,47-50H2,1-2H3,(H,55,58)/b19-17-,46-42+. The van der Waals surface area contributed by atoms with E-state index >= 15 is 0 Å². The molecule has 0 saturated heterocycles. The third-order valence-electron chi connectivity index (χ3n) is 12.2. The Labute approximate surface area is 373 Å². The van der Waals surface area contributed by atoms with Crippen LogP contribution in [0.25, 0.3) is 0 Å². The molecule has 1 amide bonds. The van der Waals surface area contributed by atoms with Gasteiger partial charge in [0.15, 0.2) is 0 Å². The van der Waals surface area contributed by atoms with Gasteiger partial charge in [-0.05, 0) is 57.8 Å². The molecule has 2 unspecified atom stereocenters. The Balaban J connectivity index is 3.48. The predicted molar refractivity (Wildman–Crippen MR) is 260 cm³/mol. The normalized spacial score (nSPS) is 12.8. The molecular weight excluding hydrogens is 743 g/mol. The molecule has 6 heteroatoms. The zero-order valence-corrected chi connectivity index (χ0v) is 40.2. The number of rotatable bonds is 49. The molecule has 3 N–H and O–H groups in total. The second-order valence-electron chi connectivity index (χ2n) is 18.2. The van der Waals surface area contributed by atoms with Gasteiger partial charge in [-0.15, -0.1) is 0 Å². The van der Waals surface area contributed by atoms with Gasteiger partial charge in [-0.1, -0.05) is 237 Å². The summed E-state index contributed by atoms with van der Waals surface area (Å²) in [6, 6.07) is -0.635. The zero-order valence-electron chi connectivity index (χ0n) is 40.2. The first-order valence-electron chi connectivity index (χ1n) is 26.6. The van der Waals surface area contributed by atoms with E-state index < -0.39 is 12.1 Å². The number of carbonyl (C=O) groups excluding carboxylic acids is 2.